The maximum absolute atomic E-state index is 11.8. The van der Waals surface area contributed by atoms with E-state index in [9.17, 15) is 4.79 Å². The van der Waals surface area contributed by atoms with E-state index in [1.165, 1.54) is 26.2 Å². The van der Waals surface area contributed by atoms with Crippen LogP contribution in [0, 0.1) is 5.92 Å². The fraction of sp³-hybridized carbons (Fsp3) is 0.944. The van der Waals surface area contributed by atoms with Crippen LogP contribution in [0.3, 0.4) is 0 Å². The van der Waals surface area contributed by atoms with Crippen LogP contribution in [0.1, 0.15) is 40.5 Å². The maximum atomic E-state index is 11.8. The smallest absolute Gasteiger partial charge is 0.309 e. The van der Waals surface area contributed by atoms with E-state index in [1.54, 1.807) is 0 Å². The Morgan fingerprint density at radius 3 is 1.96 bits per heavy atom. The summed E-state index contributed by atoms with van der Waals surface area (Å²) in [7, 11) is 0. The largest absolute Gasteiger partial charge is 0.466 e. The molecule has 2 heterocycles. The Balaban J connectivity index is 1.62. The maximum Gasteiger partial charge on any atom is 0.309 e. The van der Waals surface area contributed by atoms with Gasteiger partial charge in [0.25, 0.3) is 0 Å². The number of ether oxygens (including phenoxy) is 1. The van der Waals surface area contributed by atoms with Crippen molar-refractivity contribution in [3.8, 4) is 0 Å². The lowest BCUT2D eigenvalue weighted by Gasteiger charge is -2.42. The van der Waals surface area contributed by atoms with E-state index >= 15 is 0 Å². The van der Waals surface area contributed by atoms with Crippen LogP contribution >= 0.6 is 0 Å². The summed E-state index contributed by atoms with van der Waals surface area (Å²) >= 11 is 0. The zero-order chi connectivity index (χ0) is 16.9. The van der Waals surface area contributed by atoms with E-state index in [2.05, 4.69) is 35.5 Å². The number of esters is 1. The van der Waals surface area contributed by atoms with E-state index in [-0.39, 0.29) is 11.9 Å². The van der Waals surface area contributed by atoms with Crippen molar-refractivity contribution in [2.75, 3.05) is 59.0 Å². The predicted molar refractivity (Wildman–Crippen MR) is 93.6 cm³/mol. The van der Waals surface area contributed by atoms with Crippen molar-refractivity contribution >= 4 is 5.97 Å². The molecule has 5 heteroatoms. The number of hydrogen-bond acceptors (Lipinski definition) is 5. The quantitative estimate of drug-likeness (QED) is 0.719. The van der Waals surface area contributed by atoms with Gasteiger partial charge in [0.1, 0.15) is 0 Å². The van der Waals surface area contributed by atoms with E-state index < -0.39 is 0 Å². The highest BCUT2D eigenvalue weighted by molar-refractivity contribution is 5.72. The number of hydrogen-bond donors (Lipinski definition) is 0. The fourth-order valence-electron chi connectivity index (χ4n) is 3.58. The van der Waals surface area contributed by atoms with Gasteiger partial charge >= 0.3 is 5.97 Å². The normalized spacial score (nSPS) is 23.1. The topological polar surface area (TPSA) is 36.0 Å². The Morgan fingerprint density at radius 1 is 0.957 bits per heavy atom. The molecule has 0 saturated carbocycles. The Labute approximate surface area is 141 Å². The number of rotatable bonds is 5. The molecule has 0 bridgehead atoms. The molecule has 0 N–H and O–H groups in total. The second-order valence-electron chi connectivity index (χ2n) is 7.87. The number of carbonyl (C=O) groups excluding carboxylic acids is 1. The van der Waals surface area contributed by atoms with Crippen molar-refractivity contribution < 1.29 is 9.53 Å². The first-order valence-electron chi connectivity index (χ1n) is 9.26. The van der Waals surface area contributed by atoms with Crippen LogP contribution in [0.5, 0.6) is 0 Å². The standard InChI is InChI=1S/C18H35N3O2/c1-5-23-17(22)16-6-8-19(9-7-16)10-11-20-12-14-21(15-13-20)18(2,3)4/h16H,5-15H2,1-4H3. The molecule has 0 aromatic rings. The number of nitrogens with zero attached hydrogens (tertiary/aromatic N) is 3. The third kappa shape index (κ3) is 5.73. The van der Waals surface area contributed by atoms with Crippen LogP contribution in [0.2, 0.25) is 0 Å². The lowest BCUT2D eigenvalue weighted by molar-refractivity contribution is -0.149. The predicted octanol–water partition coefficient (Wildman–Crippen LogP) is 1.68. The monoisotopic (exact) mass is 325 g/mol. The number of piperidine rings is 1. The van der Waals surface area contributed by atoms with Crippen molar-refractivity contribution in [3.05, 3.63) is 0 Å². The highest BCUT2D eigenvalue weighted by Gasteiger charge is 2.28. The van der Waals surface area contributed by atoms with E-state index in [1.807, 2.05) is 6.92 Å². The average molecular weight is 325 g/mol. The van der Waals surface area contributed by atoms with Crippen LogP contribution < -0.4 is 0 Å². The molecule has 23 heavy (non-hydrogen) atoms. The Kier molecular flexibility index (Phi) is 6.86. The zero-order valence-corrected chi connectivity index (χ0v) is 15.5. The van der Waals surface area contributed by atoms with Crippen LogP contribution in [-0.2, 0) is 9.53 Å². The summed E-state index contributed by atoms with van der Waals surface area (Å²) in [6.45, 7) is 18.3. The summed E-state index contributed by atoms with van der Waals surface area (Å²) in [4.78, 5) is 19.4. The lowest BCUT2D eigenvalue weighted by atomic mass is 9.97. The fourth-order valence-corrected chi connectivity index (χ4v) is 3.58. The first-order chi connectivity index (χ1) is 10.9. The second kappa shape index (κ2) is 8.45. The first-order valence-corrected chi connectivity index (χ1v) is 9.26. The van der Waals surface area contributed by atoms with Gasteiger partial charge in [0.2, 0.25) is 0 Å². The highest BCUT2D eigenvalue weighted by atomic mass is 16.5. The number of piperazine rings is 1. The Bertz CT molecular complexity index is 365. The SMILES string of the molecule is CCOC(=O)C1CCN(CCN2CCN(C(C)(C)C)CC2)CC1. The molecule has 2 aliphatic heterocycles. The van der Waals surface area contributed by atoms with Gasteiger partial charge in [-0.2, -0.15) is 0 Å². The molecule has 2 aliphatic rings. The van der Waals surface area contributed by atoms with Crippen molar-refractivity contribution in [3.63, 3.8) is 0 Å². The van der Waals surface area contributed by atoms with Gasteiger partial charge in [-0.3, -0.25) is 14.6 Å². The molecular weight excluding hydrogens is 290 g/mol. The van der Waals surface area contributed by atoms with Gasteiger partial charge in [-0.05, 0) is 53.6 Å². The molecule has 0 unspecified atom stereocenters. The van der Waals surface area contributed by atoms with Crippen LogP contribution in [0.15, 0.2) is 0 Å². The van der Waals surface area contributed by atoms with Crippen LogP contribution in [-0.4, -0.2) is 85.2 Å². The molecule has 0 spiro atoms. The Hall–Kier alpha value is -0.650. The van der Waals surface area contributed by atoms with Gasteiger partial charge in [0.15, 0.2) is 0 Å². The third-order valence-corrected chi connectivity index (χ3v) is 5.26. The second-order valence-corrected chi connectivity index (χ2v) is 7.87. The van der Waals surface area contributed by atoms with Gasteiger partial charge in [0.05, 0.1) is 12.5 Å². The minimum Gasteiger partial charge on any atom is -0.466 e. The van der Waals surface area contributed by atoms with E-state index in [0.717, 1.165) is 39.0 Å². The van der Waals surface area contributed by atoms with E-state index in [0.29, 0.717) is 12.1 Å². The lowest BCUT2D eigenvalue weighted by Crippen LogP contribution is -2.54. The third-order valence-electron chi connectivity index (χ3n) is 5.26. The Morgan fingerprint density at radius 2 is 1.48 bits per heavy atom. The van der Waals surface area contributed by atoms with Gasteiger partial charge < -0.3 is 9.64 Å². The minimum absolute atomic E-state index is 0.00505. The molecule has 0 aromatic heterocycles. The molecule has 0 aromatic carbocycles. The molecule has 2 saturated heterocycles. The van der Waals surface area contributed by atoms with Crippen molar-refractivity contribution in [1.29, 1.82) is 0 Å². The van der Waals surface area contributed by atoms with Gasteiger partial charge in [-0.1, -0.05) is 0 Å². The van der Waals surface area contributed by atoms with E-state index in [4.69, 9.17) is 4.74 Å². The molecule has 0 radical (unpaired) electrons. The summed E-state index contributed by atoms with van der Waals surface area (Å²) in [5.41, 5.74) is 0.293. The first kappa shape index (κ1) is 18.7. The van der Waals surface area contributed by atoms with Crippen LogP contribution in [0.4, 0.5) is 0 Å². The zero-order valence-electron chi connectivity index (χ0n) is 15.5. The van der Waals surface area contributed by atoms with Crippen molar-refractivity contribution in [2.45, 2.75) is 46.1 Å². The van der Waals surface area contributed by atoms with Crippen molar-refractivity contribution in [1.82, 2.24) is 14.7 Å². The van der Waals surface area contributed by atoms with Crippen LogP contribution in [0.25, 0.3) is 0 Å². The summed E-state index contributed by atoms with van der Waals surface area (Å²) in [5.74, 6) is 0.131. The molecular formula is C18H35N3O2. The molecule has 5 nitrogen and oxygen atoms in total. The van der Waals surface area contributed by atoms with Gasteiger partial charge in [-0.15, -0.1) is 0 Å². The minimum atomic E-state index is 0.00505. The summed E-state index contributed by atoms with van der Waals surface area (Å²) < 4.78 is 5.14. The molecule has 0 amide bonds. The van der Waals surface area contributed by atoms with Gasteiger partial charge in [-0.25, -0.2) is 0 Å². The molecule has 2 rings (SSSR count). The molecule has 2 fully saturated rings. The van der Waals surface area contributed by atoms with Crippen molar-refractivity contribution in [2.24, 2.45) is 5.92 Å². The summed E-state index contributed by atoms with van der Waals surface area (Å²) in [6.07, 6.45) is 1.91. The molecule has 134 valence electrons. The number of likely N-dealkylation sites (tertiary alicyclic amines) is 1. The van der Waals surface area contributed by atoms with Gasteiger partial charge in [0, 0.05) is 44.8 Å². The molecule has 0 aliphatic carbocycles. The molecule has 0 atom stereocenters. The number of carbonyl (C=O) groups is 1. The summed E-state index contributed by atoms with van der Waals surface area (Å²) in [6, 6.07) is 0. The highest BCUT2D eigenvalue weighted by Crippen LogP contribution is 2.19. The summed E-state index contributed by atoms with van der Waals surface area (Å²) in [5, 5.41) is 0. The average Bonchev–Trinajstić information content (AvgIpc) is 2.53.